The molecule has 0 bridgehead atoms. The van der Waals surface area contributed by atoms with Crippen molar-refractivity contribution in [3.63, 3.8) is 0 Å². The molecular formula is C16H21N3O. The lowest BCUT2D eigenvalue weighted by Crippen LogP contribution is -2.07. The van der Waals surface area contributed by atoms with E-state index in [9.17, 15) is 0 Å². The standard InChI is InChI=1S/C16H21N3O/c1-11(2)14-7-5-12(3)9-15(14)20-16-8-6-13(10-17-4)18-19-16/h5-9,11,17H,10H2,1-4H3. The quantitative estimate of drug-likeness (QED) is 0.905. The van der Waals surface area contributed by atoms with Gasteiger partial charge in [-0.2, -0.15) is 5.10 Å². The average molecular weight is 271 g/mol. The van der Waals surface area contributed by atoms with Gasteiger partial charge < -0.3 is 10.1 Å². The van der Waals surface area contributed by atoms with E-state index in [-0.39, 0.29) is 0 Å². The lowest BCUT2D eigenvalue weighted by Gasteiger charge is -2.13. The summed E-state index contributed by atoms with van der Waals surface area (Å²) in [5.41, 5.74) is 3.24. The molecule has 0 unspecified atom stereocenters. The number of nitrogens with one attached hydrogen (secondary N) is 1. The van der Waals surface area contributed by atoms with E-state index >= 15 is 0 Å². The van der Waals surface area contributed by atoms with Crippen molar-refractivity contribution in [2.24, 2.45) is 0 Å². The Kier molecular flexibility index (Phi) is 4.69. The number of hydrogen-bond acceptors (Lipinski definition) is 4. The van der Waals surface area contributed by atoms with Crippen LogP contribution in [0.15, 0.2) is 30.3 Å². The fourth-order valence-corrected chi connectivity index (χ4v) is 2.00. The van der Waals surface area contributed by atoms with Gasteiger partial charge in [-0.25, -0.2) is 0 Å². The summed E-state index contributed by atoms with van der Waals surface area (Å²) in [5.74, 6) is 1.79. The molecule has 4 heteroatoms. The highest BCUT2D eigenvalue weighted by Crippen LogP contribution is 2.30. The largest absolute Gasteiger partial charge is 0.437 e. The third-order valence-electron chi connectivity index (χ3n) is 3.06. The zero-order valence-corrected chi connectivity index (χ0v) is 12.5. The van der Waals surface area contributed by atoms with Crippen LogP contribution in [0.2, 0.25) is 0 Å². The molecule has 20 heavy (non-hydrogen) atoms. The summed E-state index contributed by atoms with van der Waals surface area (Å²) >= 11 is 0. The molecule has 2 rings (SSSR count). The van der Waals surface area contributed by atoms with E-state index in [0.717, 1.165) is 11.4 Å². The lowest BCUT2D eigenvalue weighted by atomic mass is 10.0. The van der Waals surface area contributed by atoms with Crippen molar-refractivity contribution in [1.29, 1.82) is 0 Å². The Morgan fingerprint density at radius 2 is 1.95 bits per heavy atom. The Balaban J connectivity index is 2.22. The van der Waals surface area contributed by atoms with Gasteiger partial charge in [-0.3, -0.25) is 0 Å². The van der Waals surface area contributed by atoms with Crippen LogP contribution < -0.4 is 10.1 Å². The van der Waals surface area contributed by atoms with E-state index in [1.54, 1.807) is 0 Å². The molecule has 1 heterocycles. The fourth-order valence-electron chi connectivity index (χ4n) is 2.00. The van der Waals surface area contributed by atoms with Crippen molar-refractivity contribution in [1.82, 2.24) is 15.5 Å². The molecule has 0 saturated heterocycles. The van der Waals surface area contributed by atoms with Gasteiger partial charge in [0, 0.05) is 12.6 Å². The molecule has 0 spiro atoms. The van der Waals surface area contributed by atoms with Gasteiger partial charge in [0.05, 0.1) is 5.69 Å². The maximum Gasteiger partial charge on any atom is 0.238 e. The van der Waals surface area contributed by atoms with Crippen molar-refractivity contribution >= 4 is 0 Å². The second-order valence-corrected chi connectivity index (χ2v) is 5.19. The molecule has 0 aliphatic carbocycles. The van der Waals surface area contributed by atoms with Gasteiger partial charge in [0.1, 0.15) is 5.75 Å². The Morgan fingerprint density at radius 3 is 2.55 bits per heavy atom. The number of hydrogen-bond donors (Lipinski definition) is 1. The van der Waals surface area contributed by atoms with Crippen molar-refractivity contribution < 1.29 is 4.74 Å². The Bertz CT molecular complexity index is 564. The van der Waals surface area contributed by atoms with Gasteiger partial charge in [0.15, 0.2) is 0 Å². The second kappa shape index (κ2) is 6.48. The number of aryl methyl sites for hydroxylation is 1. The smallest absolute Gasteiger partial charge is 0.238 e. The highest BCUT2D eigenvalue weighted by atomic mass is 16.5. The zero-order chi connectivity index (χ0) is 14.5. The van der Waals surface area contributed by atoms with Crippen LogP contribution in [0.5, 0.6) is 11.6 Å². The van der Waals surface area contributed by atoms with Crippen molar-refractivity contribution in [3.05, 3.63) is 47.2 Å². The molecule has 2 aromatic rings. The minimum atomic E-state index is 0.405. The van der Waals surface area contributed by atoms with Gasteiger partial charge in [0.25, 0.3) is 0 Å². The maximum atomic E-state index is 5.89. The highest BCUT2D eigenvalue weighted by molar-refractivity contribution is 5.41. The van der Waals surface area contributed by atoms with Gasteiger partial charge in [-0.05, 0) is 43.1 Å². The molecule has 1 N–H and O–H groups in total. The SMILES string of the molecule is CNCc1ccc(Oc2cc(C)ccc2C(C)C)nn1. The number of benzene rings is 1. The summed E-state index contributed by atoms with van der Waals surface area (Å²) in [5, 5.41) is 11.3. The molecule has 4 nitrogen and oxygen atoms in total. The van der Waals surface area contributed by atoms with Crippen LogP contribution in [0.4, 0.5) is 0 Å². The highest BCUT2D eigenvalue weighted by Gasteiger charge is 2.10. The lowest BCUT2D eigenvalue weighted by molar-refractivity contribution is 0.445. The monoisotopic (exact) mass is 271 g/mol. The Labute approximate surface area is 120 Å². The van der Waals surface area contributed by atoms with Crippen LogP contribution in [-0.2, 0) is 6.54 Å². The summed E-state index contributed by atoms with van der Waals surface area (Å²) in [7, 11) is 1.88. The molecular weight excluding hydrogens is 250 g/mol. The fraction of sp³-hybridized carbons (Fsp3) is 0.375. The minimum Gasteiger partial charge on any atom is -0.437 e. The summed E-state index contributed by atoms with van der Waals surface area (Å²) < 4.78 is 5.89. The summed E-state index contributed by atoms with van der Waals surface area (Å²) in [6.45, 7) is 7.06. The van der Waals surface area contributed by atoms with Crippen LogP contribution in [0.25, 0.3) is 0 Å². The topological polar surface area (TPSA) is 47.0 Å². The van der Waals surface area contributed by atoms with Crippen molar-refractivity contribution in [3.8, 4) is 11.6 Å². The molecule has 1 aromatic carbocycles. The van der Waals surface area contributed by atoms with Crippen LogP contribution in [0.1, 0.15) is 36.6 Å². The third-order valence-corrected chi connectivity index (χ3v) is 3.06. The zero-order valence-electron chi connectivity index (χ0n) is 12.5. The number of nitrogens with zero attached hydrogens (tertiary/aromatic N) is 2. The number of aromatic nitrogens is 2. The normalized spacial score (nSPS) is 10.8. The maximum absolute atomic E-state index is 5.89. The number of ether oxygens (including phenoxy) is 1. The molecule has 0 aliphatic rings. The van der Waals surface area contributed by atoms with Crippen LogP contribution in [0.3, 0.4) is 0 Å². The van der Waals surface area contributed by atoms with Gasteiger partial charge in [0.2, 0.25) is 5.88 Å². The van der Waals surface area contributed by atoms with Crippen LogP contribution in [-0.4, -0.2) is 17.2 Å². The number of rotatable bonds is 5. The van der Waals surface area contributed by atoms with Crippen molar-refractivity contribution in [2.45, 2.75) is 33.2 Å². The molecule has 0 amide bonds. The molecule has 0 saturated carbocycles. The van der Waals surface area contributed by atoms with Gasteiger partial charge in [-0.1, -0.05) is 26.0 Å². The first kappa shape index (κ1) is 14.5. The molecule has 0 fully saturated rings. The molecule has 1 aromatic heterocycles. The van der Waals surface area contributed by atoms with E-state index in [1.807, 2.05) is 25.2 Å². The first-order chi connectivity index (χ1) is 9.60. The van der Waals surface area contributed by atoms with Crippen LogP contribution >= 0.6 is 0 Å². The van der Waals surface area contributed by atoms with E-state index in [0.29, 0.717) is 18.3 Å². The average Bonchev–Trinajstić information content (AvgIpc) is 2.41. The Morgan fingerprint density at radius 1 is 1.15 bits per heavy atom. The van der Waals surface area contributed by atoms with Gasteiger partial charge in [-0.15, -0.1) is 5.10 Å². The van der Waals surface area contributed by atoms with E-state index in [2.05, 4.69) is 48.4 Å². The molecule has 0 radical (unpaired) electrons. The predicted octanol–water partition coefficient (Wildman–Crippen LogP) is 3.42. The summed E-state index contributed by atoms with van der Waals surface area (Å²) in [6, 6.07) is 10.0. The molecule has 106 valence electrons. The molecule has 0 atom stereocenters. The first-order valence-electron chi connectivity index (χ1n) is 6.85. The predicted molar refractivity (Wildman–Crippen MR) is 80.1 cm³/mol. The second-order valence-electron chi connectivity index (χ2n) is 5.19. The van der Waals surface area contributed by atoms with E-state index < -0.39 is 0 Å². The Hall–Kier alpha value is -1.94. The summed E-state index contributed by atoms with van der Waals surface area (Å²) in [6.07, 6.45) is 0. The third kappa shape index (κ3) is 3.54. The summed E-state index contributed by atoms with van der Waals surface area (Å²) in [4.78, 5) is 0. The van der Waals surface area contributed by atoms with Gasteiger partial charge >= 0.3 is 0 Å². The molecule has 0 aliphatic heterocycles. The minimum absolute atomic E-state index is 0.405. The van der Waals surface area contributed by atoms with E-state index in [1.165, 1.54) is 11.1 Å². The van der Waals surface area contributed by atoms with E-state index in [4.69, 9.17) is 4.74 Å². The van der Waals surface area contributed by atoms with Crippen molar-refractivity contribution in [2.75, 3.05) is 7.05 Å². The first-order valence-corrected chi connectivity index (χ1v) is 6.85. The van der Waals surface area contributed by atoms with Crippen LogP contribution in [0, 0.1) is 6.92 Å².